The lowest BCUT2D eigenvalue weighted by Gasteiger charge is -2.01. The summed E-state index contributed by atoms with van der Waals surface area (Å²) in [5.74, 6) is 0. The molecule has 0 aliphatic heterocycles. The molecule has 0 aliphatic carbocycles. The summed E-state index contributed by atoms with van der Waals surface area (Å²) in [5, 5.41) is 0. The molecule has 1 rings (SSSR count). The summed E-state index contributed by atoms with van der Waals surface area (Å²) in [6, 6.07) is 10.4. The third-order valence-corrected chi connectivity index (χ3v) is 2.14. The molecule has 0 aromatic heterocycles. The van der Waals surface area contributed by atoms with E-state index in [4.69, 9.17) is 0 Å². The maximum Gasteiger partial charge on any atom is -0.00260 e. The van der Waals surface area contributed by atoms with Gasteiger partial charge in [0.05, 0.1) is 0 Å². The van der Waals surface area contributed by atoms with E-state index in [-0.39, 0.29) is 0 Å². The van der Waals surface area contributed by atoms with Gasteiger partial charge in [0.25, 0.3) is 0 Å². The second kappa shape index (κ2) is 6.02. The average Bonchev–Trinajstić information content (AvgIpc) is 2.25. The first-order valence-corrected chi connectivity index (χ1v) is 5.23. The molecule has 0 unspecified atom stereocenters. The molecule has 0 atom stereocenters. The van der Waals surface area contributed by atoms with E-state index in [0.29, 0.717) is 0 Å². The second-order valence-corrected chi connectivity index (χ2v) is 3.85. The van der Waals surface area contributed by atoms with Crippen LogP contribution in [0.5, 0.6) is 0 Å². The Hall–Kier alpha value is -1.56. The SMILES string of the molecule is C=C/C(=C\C=C(C)C)Cc1ccccc1. The van der Waals surface area contributed by atoms with Crippen molar-refractivity contribution in [1.82, 2.24) is 0 Å². The van der Waals surface area contributed by atoms with Crippen molar-refractivity contribution in [3.63, 3.8) is 0 Å². The fraction of sp³-hybridized carbons (Fsp3) is 0.200. The molecule has 0 radical (unpaired) electrons. The van der Waals surface area contributed by atoms with Crippen LogP contribution in [0.3, 0.4) is 0 Å². The lowest BCUT2D eigenvalue weighted by atomic mass is 10.0. The standard InChI is InChI=1S/C15H18/c1-4-14(11-10-13(2)3)12-15-8-6-5-7-9-15/h4-11H,1,12H2,2-3H3/b14-11+. The Labute approximate surface area is 92.6 Å². The summed E-state index contributed by atoms with van der Waals surface area (Å²) >= 11 is 0. The third-order valence-electron chi connectivity index (χ3n) is 2.14. The molecule has 78 valence electrons. The minimum atomic E-state index is 0.952. The van der Waals surface area contributed by atoms with Crippen molar-refractivity contribution >= 4 is 0 Å². The summed E-state index contributed by atoms with van der Waals surface area (Å²) in [6.45, 7) is 8.03. The van der Waals surface area contributed by atoms with Crippen molar-refractivity contribution in [2.24, 2.45) is 0 Å². The fourth-order valence-corrected chi connectivity index (χ4v) is 1.30. The molecule has 15 heavy (non-hydrogen) atoms. The molecular formula is C15H18. The molecule has 0 nitrogen and oxygen atoms in total. The molecule has 0 heteroatoms. The first kappa shape index (κ1) is 11.5. The second-order valence-electron chi connectivity index (χ2n) is 3.85. The molecule has 0 aliphatic rings. The predicted molar refractivity (Wildman–Crippen MR) is 67.9 cm³/mol. The van der Waals surface area contributed by atoms with E-state index in [1.165, 1.54) is 16.7 Å². The zero-order chi connectivity index (χ0) is 11.1. The summed E-state index contributed by atoms with van der Waals surface area (Å²) in [4.78, 5) is 0. The Bertz CT molecular complexity index is 362. The van der Waals surface area contributed by atoms with Gasteiger partial charge in [-0.1, -0.05) is 60.7 Å². The Kier molecular flexibility index (Phi) is 4.62. The number of rotatable bonds is 4. The van der Waals surface area contributed by atoms with Gasteiger partial charge in [-0.15, -0.1) is 0 Å². The summed E-state index contributed by atoms with van der Waals surface area (Å²) < 4.78 is 0. The molecule has 0 spiro atoms. The van der Waals surface area contributed by atoms with Crippen LogP contribution >= 0.6 is 0 Å². The molecule has 0 amide bonds. The number of hydrogen-bond acceptors (Lipinski definition) is 0. The highest BCUT2D eigenvalue weighted by molar-refractivity contribution is 5.30. The van der Waals surface area contributed by atoms with E-state index >= 15 is 0 Å². The maximum absolute atomic E-state index is 3.84. The van der Waals surface area contributed by atoms with E-state index in [1.54, 1.807) is 0 Å². The van der Waals surface area contributed by atoms with Gasteiger partial charge >= 0.3 is 0 Å². The molecular weight excluding hydrogens is 180 g/mol. The Balaban J connectivity index is 2.75. The molecule has 0 bridgehead atoms. The highest BCUT2D eigenvalue weighted by Crippen LogP contribution is 2.09. The Morgan fingerprint density at radius 2 is 1.80 bits per heavy atom. The number of allylic oxidation sites excluding steroid dienone is 5. The lowest BCUT2D eigenvalue weighted by molar-refractivity contribution is 1.20. The minimum absolute atomic E-state index is 0.952. The molecule has 0 saturated heterocycles. The zero-order valence-electron chi connectivity index (χ0n) is 9.53. The minimum Gasteiger partial charge on any atom is -0.0988 e. The summed E-state index contributed by atoms with van der Waals surface area (Å²) in [6.07, 6.45) is 7.13. The first-order valence-electron chi connectivity index (χ1n) is 5.23. The largest absolute Gasteiger partial charge is 0.0988 e. The van der Waals surface area contributed by atoms with Crippen molar-refractivity contribution in [3.8, 4) is 0 Å². The van der Waals surface area contributed by atoms with E-state index < -0.39 is 0 Å². The molecule has 0 saturated carbocycles. The van der Waals surface area contributed by atoms with Gasteiger partial charge in [0.2, 0.25) is 0 Å². The zero-order valence-corrected chi connectivity index (χ0v) is 9.53. The summed E-state index contributed by atoms with van der Waals surface area (Å²) in [5.41, 5.74) is 3.88. The van der Waals surface area contributed by atoms with Crippen LogP contribution < -0.4 is 0 Å². The van der Waals surface area contributed by atoms with Crippen LogP contribution in [0.25, 0.3) is 0 Å². The van der Waals surface area contributed by atoms with Crippen molar-refractivity contribution in [2.75, 3.05) is 0 Å². The molecule has 0 fully saturated rings. The predicted octanol–water partition coefficient (Wildman–Crippen LogP) is 4.31. The normalized spacial score (nSPS) is 10.9. The smallest absolute Gasteiger partial charge is 0.00260 e. The van der Waals surface area contributed by atoms with Crippen molar-refractivity contribution < 1.29 is 0 Å². The van der Waals surface area contributed by atoms with Gasteiger partial charge < -0.3 is 0 Å². The van der Waals surface area contributed by atoms with E-state index in [2.05, 4.69) is 56.8 Å². The highest BCUT2D eigenvalue weighted by atomic mass is 14.0. The highest BCUT2D eigenvalue weighted by Gasteiger charge is 1.93. The quantitative estimate of drug-likeness (QED) is 0.632. The summed E-state index contributed by atoms with van der Waals surface area (Å²) in [7, 11) is 0. The lowest BCUT2D eigenvalue weighted by Crippen LogP contribution is -1.86. The Morgan fingerprint density at radius 3 is 2.33 bits per heavy atom. The first-order chi connectivity index (χ1) is 7.22. The van der Waals surface area contributed by atoms with Crippen LogP contribution in [0, 0.1) is 0 Å². The third kappa shape index (κ3) is 4.46. The van der Waals surface area contributed by atoms with Crippen molar-refractivity contribution in [1.29, 1.82) is 0 Å². The molecule has 1 aromatic rings. The fourth-order valence-electron chi connectivity index (χ4n) is 1.30. The van der Waals surface area contributed by atoms with Crippen LogP contribution in [0.1, 0.15) is 19.4 Å². The monoisotopic (exact) mass is 198 g/mol. The Morgan fingerprint density at radius 1 is 1.13 bits per heavy atom. The molecule has 1 aromatic carbocycles. The van der Waals surface area contributed by atoms with E-state index in [0.717, 1.165) is 6.42 Å². The van der Waals surface area contributed by atoms with Gasteiger partial charge in [-0.2, -0.15) is 0 Å². The topological polar surface area (TPSA) is 0 Å². The number of hydrogen-bond donors (Lipinski definition) is 0. The van der Waals surface area contributed by atoms with E-state index in [1.807, 2.05) is 12.1 Å². The van der Waals surface area contributed by atoms with Gasteiger partial charge in [-0.05, 0) is 31.4 Å². The average molecular weight is 198 g/mol. The maximum atomic E-state index is 3.84. The molecule has 0 N–H and O–H groups in total. The van der Waals surface area contributed by atoms with Crippen molar-refractivity contribution in [2.45, 2.75) is 20.3 Å². The van der Waals surface area contributed by atoms with Gasteiger partial charge in [0.15, 0.2) is 0 Å². The van der Waals surface area contributed by atoms with Crippen LogP contribution in [0.4, 0.5) is 0 Å². The van der Waals surface area contributed by atoms with Crippen LogP contribution in [-0.2, 0) is 6.42 Å². The van der Waals surface area contributed by atoms with Crippen LogP contribution in [0.15, 0.2) is 66.3 Å². The number of benzene rings is 1. The van der Waals surface area contributed by atoms with Gasteiger partial charge in [-0.3, -0.25) is 0 Å². The van der Waals surface area contributed by atoms with Gasteiger partial charge in [0, 0.05) is 0 Å². The molecule has 0 heterocycles. The van der Waals surface area contributed by atoms with Crippen LogP contribution in [0.2, 0.25) is 0 Å². The van der Waals surface area contributed by atoms with Gasteiger partial charge in [0.1, 0.15) is 0 Å². The van der Waals surface area contributed by atoms with Gasteiger partial charge in [-0.25, -0.2) is 0 Å². The van der Waals surface area contributed by atoms with Crippen LogP contribution in [-0.4, -0.2) is 0 Å². The van der Waals surface area contributed by atoms with E-state index in [9.17, 15) is 0 Å². The van der Waals surface area contributed by atoms with Crippen molar-refractivity contribution in [3.05, 3.63) is 71.8 Å².